The number of anilines is 3. The summed E-state index contributed by atoms with van der Waals surface area (Å²) in [5.74, 6) is 2.36. The summed E-state index contributed by atoms with van der Waals surface area (Å²) in [4.78, 5) is 2.45. The van der Waals surface area contributed by atoms with E-state index >= 15 is 0 Å². The number of aromatic nitrogens is 1. The largest absolute Gasteiger partial charge is 0.461 e. The Bertz CT molecular complexity index is 2900. The van der Waals surface area contributed by atoms with E-state index in [1.807, 2.05) is 11.3 Å². The van der Waals surface area contributed by atoms with Gasteiger partial charge in [-0.15, -0.1) is 11.3 Å². The summed E-state index contributed by atoms with van der Waals surface area (Å²) in [7, 11) is 0. The average Bonchev–Trinajstić information content (AvgIpc) is 3.88. The van der Waals surface area contributed by atoms with Gasteiger partial charge >= 0.3 is 0 Å². The maximum atomic E-state index is 6.31. The van der Waals surface area contributed by atoms with Gasteiger partial charge in [0.05, 0.1) is 27.3 Å². The molecule has 52 heavy (non-hydrogen) atoms. The Morgan fingerprint density at radius 2 is 1.31 bits per heavy atom. The number of fused-ring (bicyclic) bond motifs is 9. The van der Waals surface area contributed by atoms with Crippen molar-refractivity contribution in [2.45, 2.75) is 11.8 Å². The number of thiophene rings is 1. The molecule has 1 aliphatic carbocycles. The van der Waals surface area contributed by atoms with Crippen LogP contribution in [0.25, 0.3) is 47.7 Å². The van der Waals surface area contributed by atoms with E-state index in [4.69, 9.17) is 4.74 Å². The zero-order chi connectivity index (χ0) is 34.2. The molecule has 2 aliphatic rings. The number of ether oxygens (including phenoxy) is 1. The number of nitrogens with zero attached hydrogens (tertiary/aromatic N) is 2. The third-order valence-corrected chi connectivity index (χ3v) is 12.0. The summed E-state index contributed by atoms with van der Waals surface area (Å²) in [6.07, 6.45) is 6.58. The Morgan fingerprint density at radius 1 is 0.577 bits per heavy atom. The fraction of sp³-hybridized carbons (Fsp3) is 0.0417. The van der Waals surface area contributed by atoms with Crippen LogP contribution in [0.15, 0.2) is 188 Å². The van der Waals surface area contributed by atoms with Gasteiger partial charge in [0.15, 0.2) is 0 Å². The highest BCUT2D eigenvalue weighted by molar-refractivity contribution is 7.26. The highest BCUT2D eigenvalue weighted by Crippen LogP contribution is 2.51. The average molecular weight is 685 g/mol. The van der Waals surface area contributed by atoms with E-state index in [0.29, 0.717) is 0 Å². The molecule has 1 aliphatic heterocycles. The van der Waals surface area contributed by atoms with Crippen LogP contribution in [-0.2, 0) is 0 Å². The summed E-state index contributed by atoms with van der Waals surface area (Å²) in [5.41, 5.74) is 9.48. The highest BCUT2D eigenvalue weighted by atomic mass is 32.1. The molecule has 2 unspecified atom stereocenters. The minimum atomic E-state index is 0.178. The van der Waals surface area contributed by atoms with Crippen molar-refractivity contribution in [2.75, 3.05) is 4.90 Å². The van der Waals surface area contributed by atoms with Gasteiger partial charge in [-0.2, -0.15) is 0 Å². The third kappa shape index (κ3) is 4.44. The lowest BCUT2D eigenvalue weighted by Gasteiger charge is -2.28. The first-order chi connectivity index (χ1) is 25.8. The normalized spacial score (nSPS) is 16.3. The minimum Gasteiger partial charge on any atom is -0.461 e. The first kappa shape index (κ1) is 29.4. The number of rotatable bonds is 5. The number of benzene rings is 7. The molecule has 0 fully saturated rings. The number of hydrogen-bond donors (Lipinski definition) is 0. The van der Waals surface area contributed by atoms with E-state index in [1.165, 1.54) is 58.8 Å². The summed E-state index contributed by atoms with van der Waals surface area (Å²) in [6.45, 7) is 0. The van der Waals surface area contributed by atoms with Crippen molar-refractivity contribution >= 4 is 70.4 Å². The summed E-state index contributed by atoms with van der Waals surface area (Å²) < 4.78 is 11.3. The Hall–Kier alpha value is -6.36. The molecule has 0 N–H and O–H groups in total. The molecule has 2 aromatic heterocycles. The van der Waals surface area contributed by atoms with E-state index in [0.717, 1.165) is 28.6 Å². The van der Waals surface area contributed by atoms with Gasteiger partial charge in [-0.05, 0) is 72.3 Å². The molecule has 0 radical (unpaired) electrons. The van der Waals surface area contributed by atoms with Crippen LogP contribution in [0, 0.1) is 0 Å². The van der Waals surface area contributed by atoms with Crippen LogP contribution in [0.1, 0.15) is 23.0 Å². The monoisotopic (exact) mass is 684 g/mol. The Labute approximate surface area is 305 Å². The zero-order valence-corrected chi connectivity index (χ0v) is 29.0. The van der Waals surface area contributed by atoms with Crippen LogP contribution in [0.4, 0.5) is 17.1 Å². The van der Waals surface area contributed by atoms with Gasteiger partial charge < -0.3 is 14.2 Å². The molecular formula is C48H32N2OS. The van der Waals surface area contributed by atoms with E-state index in [-0.39, 0.29) is 11.8 Å². The van der Waals surface area contributed by atoms with Gasteiger partial charge in [-0.1, -0.05) is 115 Å². The molecule has 3 nitrogen and oxygen atoms in total. The topological polar surface area (TPSA) is 17.4 Å². The van der Waals surface area contributed by atoms with Crippen molar-refractivity contribution in [1.82, 2.24) is 4.57 Å². The van der Waals surface area contributed by atoms with Crippen molar-refractivity contribution in [3.8, 4) is 11.4 Å². The van der Waals surface area contributed by atoms with Crippen LogP contribution in [-0.4, -0.2) is 4.57 Å². The predicted molar refractivity (Wildman–Crippen MR) is 218 cm³/mol. The fourth-order valence-electron chi connectivity index (χ4n) is 8.50. The fourth-order valence-corrected chi connectivity index (χ4v) is 9.71. The summed E-state index contributed by atoms with van der Waals surface area (Å²) in [5, 5.41) is 5.07. The van der Waals surface area contributed by atoms with Crippen LogP contribution in [0.2, 0.25) is 0 Å². The van der Waals surface area contributed by atoms with E-state index in [2.05, 4.69) is 191 Å². The molecule has 0 spiro atoms. The Balaban J connectivity index is 1.11. The molecule has 0 saturated heterocycles. The zero-order valence-electron chi connectivity index (χ0n) is 28.2. The van der Waals surface area contributed by atoms with Gasteiger partial charge in [0, 0.05) is 54.8 Å². The molecule has 246 valence electrons. The second-order valence-electron chi connectivity index (χ2n) is 13.7. The minimum absolute atomic E-state index is 0.178. The third-order valence-electron chi connectivity index (χ3n) is 10.8. The van der Waals surface area contributed by atoms with Crippen LogP contribution in [0.5, 0.6) is 5.75 Å². The lowest BCUT2D eigenvalue weighted by molar-refractivity contribution is 0.416. The van der Waals surface area contributed by atoms with Crippen LogP contribution >= 0.6 is 11.3 Å². The van der Waals surface area contributed by atoms with Crippen molar-refractivity contribution in [3.63, 3.8) is 0 Å². The molecule has 0 amide bonds. The van der Waals surface area contributed by atoms with Crippen LogP contribution in [0.3, 0.4) is 0 Å². The first-order valence-electron chi connectivity index (χ1n) is 17.8. The Morgan fingerprint density at radius 3 is 2.21 bits per heavy atom. The SMILES string of the molecule is C1=CC(c2ccc(N(c3ccc4c5ccccc5n(-c5ccccc5)c4c3)c3cccc4c3sc3ccccc34)cc2)C2C(=C1)Oc1ccccc12. The van der Waals surface area contributed by atoms with Gasteiger partial charge in [-0.3, -0.25) is 0 Å². The Kier molecular flexibility index (Phi) is 6.55. The molecule has 11 rings (SSSR count). The van der Waals surface area contributed by atoms with Gasteiger partial charge in [0.1, 0.15) is 11.5 Å². The van der Waals surface area contributed by atoms with Crippen molar-refractivity contribution < 1.29 is 4.74 Å². The van der Waals surface area contributed by atoms with E-state index in [9.17, 15) is 0 Å². The summed E-state index contributed by atoms with van der Waals surface area (Å²) >= 11 is 1.87. The lowest BCUT2D eigenvalue weighted by Crippen LogP contribution is -2.13. The van der Waals surface area contributed by atoms with Gasteiger partial charge in [0.25, 0.3) is 0 Å². The smallest absolute Gasteiger partial charge is 0.130 e. The van der Waals surface area contributed by atoms with Crippen molar-refractivity contribution in [3.05, 3.63) is 199 Å². The lowest BCUT2D eigenvalue weighted by atomic mass is 9.78. The standard InChI is InChI=1S/C48H32N2OS/c1-2-12-32(13-3-1)50-41-19-7-4-14-36(41)37-29-28-34(30-43(37)50)49(42-20-10-18-39-38-15-6-9-23-46(38)52-48(39)42)33-26-24-31(25-27-33)35-17-11-22-45-47(35)40-16-5-8-21-44(40)51-45/h1-30,35,47H. The molecule has 0 saturated carbocycles. The van der Waals surface area contributed by atoms with Gasteiger partial charge in [-0.25, -0.2) is 0 Å². The van der Waals surface area contributed by atoms with Crippen molar-refractivity contribution in [2.24, 2.45) is 0 Å². The van der Waals surface area contributed by atoms with Crippen LogP contribution < -0.4 is 9.64 Å². The highest BCUT2D eigenvalue weighted by Gasteiger charge is 2.36. The van der Waals surface area contributed by atoms with Gasteiger partial charge in [0.2, 0.25) is 0 Å². The maximum Gasteiger partial charge on any atom is 0.130 e. The molecule has 9 aromatic rings. The molecule has 3 heterocycles. The maximum absolute atomic E-state index is 6.31. The van der Waals surface area contributed by atoms with E-state index < -0.39 is 0 Å². The molecular weight excluding hydrogens is 653 g/mol. The molecule has 4 heteroatoms. The molecule has 2 atom stereocenters. The first-order valence-corrected chi connectivity index (χ1v) is 18.7. The van der Waals surface area contributed by atoms with Crippen molar-refractivity contribution in [1.29, 1.82) is 0 Å². The second-order valence-corrected chi connectivity index (χ2v) is 14.7. The molecule has 7 aromatic carbocycles. The quantitative estimate of drug-likeness (QED) is 0.180. The summed E-state index contributed by atoms with van der Waals surface area (Å²) in [6, 6.07) is 59.6. The van der Waals surface area contributed by atoms with E-state index in [1.54, 1.807) is 0 Å². The molecule has 0 bridgehead atoms. The second kappa shape index (κ2) is 11.6. The number of para-hydroxylation sites is 3. The number of allylic oxidation sites excluding steroid dienone is 4. The predicted octanol–water partition coefficient (Wildman–Crippen LogP) is 13.3. The number of hydrogen-bond acceptors (Lipinski definition) is 3.